The van der Waals surface area contributed by atoms with Gasteiger partial charge in [-0.3, -0.25) is 0 Å². The van der Waals surface area contributed by atoms with Crippen LogP contribution in [0, 0.1) is 5.82 Å². The molecule has 0 radical (unpaired) electrons. The molecule has 88 valence electrons. The third-order valence-corrected chi connectivity index (χ3v) is 2.44. The summed E-state index contributed by atoms with van der Waals surface area (Å²) < 4.78 is 18.2. The van der Waals surface area contributed by atoms with Gasteiger partial charge in [0, 0.05) is 18.8 Å². The lowest BCUT2D eigenvalue weighted by Crippen LogP contribution is -1.97. The van der Waals surface area contributed by atoms with E-state index in [4.69, 9.17) is 22.1 Å². The number of benzene rings is 1. The predicted octanol–water partition coefficient (Wildman–Crippen LogP) is 3.13. The third-order valence-electron chi connectivity index (χ3n) is 2.14. The smallest absolute Gasteiger partial charge is 0.219 e. The normalized spacial score (nSPS) is 10.3. The molecule has 0 atom stereocenters. The van der Waals surface area contributed by atoms with Crippen molar-refractivity contribution in [2.24, 2.45) is 5.73 Å². The molecular formula is C12H10ClFN2O. The number of nitrogens with two attached hydrogens (primary N) is 1. The number of halogens is 2. The average Bonchev–Trinajstić information content (AvgIpc) is 2.34. The first-order valence-electron chi connectivity index (χ1n) is 4.97. The lowest BCUT2D eigenvalue weighted by molar-refractivity contribution is 0.461. The van der Waals surface area contributed by atoms with Gasteiger partial charge in [-0.1, -0.05) is 17.7 Å². The van der Waals surface area contributed by atoms with Crippen molar-refractivity contribution >= 4 is 11.6 Å². The van der Waals surface area contributed by atoms with Crippen LogP contribution >= 0.6 is 11.6 Å². The molecular weight excluding hydrogens is 243 g/mol. The van der Waals surface area contributed by atoms with Crippen molar-refractivity contribution in [3.05, 3.63) is 52.9 Å². The van der Waals surface area contributed by atoms with E-state index in [-0.39, 0.29) is 5.02 Å². The monoisotopic (exact) mass is 252 g/mol. The van der Waals surface area contributed by atoms with Crippen LogP contribution in [0.5, 0.6) is 11.6 Å². The lowest BCUT2D eigenvalue weighted by atomic mass is 10.3. The third kappa shape index (κ3) is 2.93. The summed E-state index contributed by atoms with van der Waals surface area (Å²) in [6, 6.07) is 7.40. The Bertz CT molecular complexity index is 516. The van der Waals surface area contributed by atoms with Crippen LogP contribution in [-0.4, -0.2) is 4.98 Å². The quantitative estimate of drug-likeness (QED) is 0.913. The summed E-state index contributed by atoms with van der Waals surface area (Å²) in [4.78, 5) is 4.05. The zero-order chi connectivity index (χ0) is 12.3. The van der Waals surface area contributed by atoms with Crippen LogP contribution < -0.4 is 10.5 Å². The van der Waals surface area contributed by atoms with Crippen LogP contribution in [0.25, 0.3) is 0 Å². The summed E-state index contributed by atoms with van der Waals surface area (Å²) >= 11 is 5.83. The van der Waals surface area contributed by atoms with Crippen molar-refractivity contribution in [3.8, 4) is 11.6 Å². The van der Waals surface area contributed by atoms with E-state index in [1.807, 2.05) is 0 Å². The van der Waals surface area contributed by atoms with Crippen molar-refractivity contribution in [2.45, 2.75) is 6.54 Å². The van der Waals surface area contributed by atoms with Gasteiger partial charge in [-0.25, -0.2) is 9.37 Å². The first-order valence-corrected chi connectivity index (χ1v) is 5.35. The van der Waals surface area contributed by atoms with E-state index < -0.39 is 5.82 Å². The number of aromatic nitrogens is 1. The van der Waals surface area contributed by atoms with Crippen molar-refractivity contribution in [1.29, 1.82) is 0 Å². The Morgan fingerprint density at radius 1 is 1.29 bits per heavy atom. The van der Waals surface area contributed by atoms with Gasteiger partial charge in [0.25, 0.3) is 0 Å². The molecule has 2 rings (SSSR count). The minimum absolute atomic E-state index is 0.203. The molecule has 3 nitrogen and oxygen atoms in total. The van der Waals surface area contributed by atoms with Gasteiger partial charge in [0.2, 0.25) is 5.88 Å². The Hall–Kier alpha value is -1.65. The molecule has 0 aliphatic rings. The highest BCUT2D eigenvalue weighted by Crippen LogP contribution is 2.28. The minimum Gasteiger partial charge on any atom is -0.437 e. The SMILES string of the molecule is NCc1ccc(Oc2ccc(F)cc2Cl)nc1. The molecule has 1 aromatic heterocycles. The first kappa shape index (κ1) is 11.8. The maximum atomic E-state index is 12.8. The molecule has 1 aromatic carbocycles. The maximum absolute atomic E-state index is 12.8. The molecule has 2 aromatic rings. The second kappa shape index (κ2) is 5.12. The molecule has 5 heteroatoms. The van der Waals surface area contributed by atoms with E-state index >= 15 is 0 Å². The second-order valence-corrected chi connectivity index (χ2v) is 3.79. The zero-order valence-electron chi connectivity index (χ0n) is 8.86. The van der Waals surface area contributed by atoms with Crippen LogP contribution in [-0.2, 0) is 6.54 Å². The van der Waals surface area contributed by atoms with Gasteiger partial charge < -0.3 is 10.5 Å². The molecule has 0 aliphatic carbocycles. The molecule has 0 bridgehead atoms. The second-order valence-electron chi connectivity index (χ2n) is 3.39. The Labute approximate surface area is 103 Å². The predicted molar refractivity (Wildman–Crippen MR) is 63.6 cm³/mol. The van der Waals surface area contributed by atoms with E-state index in [0.717, 1.165) is 5.56 Å². The molecule has 2 N–H and O–H groups in total. The highest BCUT2D eigenvalue weighted by atomic mass is 35.5. The molecule has 0 spiro atoms. The number of hydrogen-bond acceptors (Lipinski definition) is 3. The van der Waals surface area contributed by atoms with E-state index in [1.54, 1.807) is 18.3 Å². The van der Waals surface area contributed by atoms with Gasteiger partial charge in [-0.05, 0) is 23.8 Å². The molecule has 1 heterocycles. The summed E-state index contributed by atoms with van der Waals surface area (Å²) in [7, 11) is 0. The molecule has 0 fully saturated rings. The number of rotatable bonds is 3. The van der Waals surface area contributed by atoms with E-state index in [0.29, 0.717) is 18.2 Å². The van der Waals surface area contributed by atoms with Gasteiger partial charge in [-0.2, -0.15) is 0 Å². The molecule has 0 aliphatic heterocycles. The van der Waals surface area contributed by atoms with Crippen molar-refractivity contribution in [3.63, 3.8) is 0 Å². The fourth-order valence-electron chi connectivity index (χ4n) is 1.26. The summed E-state index contributed by atoms with van der Waals surface area (Å²) in [6.07, 6.45) is 1.62. The Morgan fingerprint density at radius 3 is 2.71 bits per heavy atom. The first-order chi connectivity index (χ1) is 8.19. The number of hydrogen-bond donors (Lipinski definition) is 1. The summed E-state index contributed by atoms with van der Waals surface area (Å²) in [6.45, 7) is 0.421. The summed E-state index contributed by atoms with van der Waals surface area (Å²) in [5.74, 6) is 0.338. The standard InChI is InChI=1S/C12H10ClFN2O/c13-10-5-9(14)2-3-11(10)17-12-4-1-8(6-15)7-16-12/h1-5,7H,6,15H2. The van der Waals surface area contributed by atoms with E-state index in [9.17, 15) is 4.39 Å². The summed E-state index contributed by atoms with van der Waals surface area (Å²) in [5.41, 5.74) is 6.35. The molecule has 0 saturated heterocycles. The van der Waals surface area contributed by atoms with Gasteiger partial charge in [0.15, 0.2) is 0 Å². The van der Waals surface area contributed by atoms with Crippen molar-refractivity contribution < 1.29 is 9.13 Å². The minimum atomic E-state index is -0.409. The lowest BCUT2D eigenvalue weighted by Gasteiger charge is -2.06. The molecule has 17 heavy (non-hydrogen) atoms. The summed E-state index contributed by atoms with van der Waals surface area (Å²) in [5, 5.41) is 0.203. The van der Waals surface area contributed by atoms with Gasteiger partial charge in [0.05, 0.1) is 5.02 Å². The fraction of sp³-hybridized carbons (Fsp3) is 0.0833. The van der Waals surface area contributed by atoms with Crippen LogP contribution in [0.2, 0.25) is 5.02 Å². The van der Waals surface area contributed by atoms with Gasteiger partial charge >= 0.3 is 0 Å². The number of ether oxygens (including phenoxy) is 1. The molecule has 0 unspecified atom stereocenters. The van der Waals surface area contributed by atoms with Crippen molar-refractivity contribution in [1.82, 2.24) is 4.98 Å². The zero-order valence-corrected chi connectivity index (χ0v) is 9.62. The maximum Gasteiger partial charge on any atom is 0.219 e. The average molecular weight is 253 g/mol. The number of nitrogens with zero attached hydrogens (tertiary/aromatic N) is 1. The highest BCUT2D eigenvalue weighted by Gasteiger charge is 2.05. The van der Waals surface area contributed by atoms with Crippen LogP contribution in [0.3, 0.4) is 0 Å². The van der Waals surface area contributed by atoms with Crippen LogP contribution in [0.4, 0.5) is 4.39 Å². The Morgan fingerprint density at radius 2 is 2.12 bits per heavy atom. The number of pyridine rings is 1. The fourth-order valence-corrected chi connectivity index (χ4v) is 1.47. The van der Waals surface area contributed by atoms with Crippen LogP contribution in [0.1, 0.15) is 5.56 Å². The largest absolute Gasteiger partial charge is 0.437 e. The van der Waals surface area contributed by atoms with E-state index in [2.05, 4.69) is 4.98 Å². The molecule has 0 saturated carbocycles. The Kier molecular flexibility index (Phi) is 3.56. The highest BCUT2D eigenvalue weighted by molar-refractivity contribution is 6.32. The van der Waals surface area contributed by atoms with Gasteiger partial charge in [0.1, 0.15) is 11.6 Å². The van der Waals surface area contributed by atoms with E-state index in [1.165, 1.54) is 18.2 Å². The Balaban J connectivity index is 2.19. The topological polar surface area (TPSA) is 48.1 Å². The van der Waals surface area contributed by atoms with Crippen LogP contribution in [0.15, 0.2) is 36.5 Å². The van der Waals surface area contributed by atoms with Gasteiger partial charge in [-0.15, -0.1) is 0 Å². The van der Waals surface area contributed by atoms with Crippen molar-refractivity contribution in [2.75, 3.05) is 0 Å². The molecule has 0 amide bonds.